The van der Waals surface area contributed by atoms with E-state index in [0.29, 0.717) is 0 Å². The maximum absolute atomic E-state index is 11.1. The number of amides is 6. The number of hydrogen-bond acceptors (Lipinski definition) is 4. The van der Waals surface area contributed by atoms with Crippen molar-refractivity contribution >= 4 is 23.9 Å². The van der Waals surface area contributed by atoms with Gasteiger partial charge in [-0.2, -0.15) is 0 Å². The normalized spacial score (nSPS) is 15.1. The van der Waals surface area contributed by atoms with E-state index in [1.165, 1.54) is 4.90 Å². The van der Waals surface area contributed by atoms with E-state index >= 15 is 0 Å². The zero-order valence-electron chi connectivity index (χ0n) is 8.94. The maximum Gasteiger partial charge on any atom is 0.331 e. The van der Waals surface area contributed by atoms with E-state index in [-0.39, 0.29) is 19.1 Å². The van der Waals surface area contributed by atoms with Crippen molar-refractivity contribution in [1.82, 2.24) is 20.4 Å². The predicted molar refractivity (Wildman–Crippen MR) is 52.3 cm³/mol. The zero-order valence-corrected chi connectivity index (χ0v) is 8.94. The van der Waals surface area contributed by atoms with Crippen molar-refractivity contribution in [1.29, 1.82) is 0 Å². The Morgan fingerprint density at radius 1 is 1.38 bits per heavy atom. The van der Waals surface area contributed by atoms with E-state index in [9.17, 15) is 19.2 Å². The predicted octanol–water partition coefficient (Wildman–Crippen LogP) is -1.66. The lowest BCUT2D eigenvalue weighted by Crippen LogP contribution is -2.41. The van der Waals surface area contributed by atoms with Crippen molar-refractivity contribution in [3.05, 3.63) is 0 Å². The van der Waals surface area contributed by atoms with Crippen molar-refractivity contribution in [2.45, 2.75) is 0 Å². The van der Waals surface area contributed by atoms with Crippen LogP contribution < -0.4 is 10.6 Å². The number of nitrogens with zero attached hydrogens (tertiary/aromatic N) is 2. The Morgan fingerprint density at radius 2 is 2.00 bits per heavy atom. The van der Waals surface area contributed by atoms with Crippen LogP contribution in [0.3, 0.4) is 0 Å². The van der Waals surface area contributed by atoms with Gasteiger partial charge in [0.05, 0.1) is 0 Å². The molecule has 1 fully saturated rings. The molecule has 1 aliphatic rings. The molecular formula is C8H12N4O4. The Kier molecular flexibility index (Phi) is 3.44. The summed E-state index contributed by atoms with van der Waals surface area (Å²) in [6.07, 6.45) is 0. The summed E-state index contributed by atoms with van der Waals surface area (Å²) in [6.45, 7) is 0.0689. The van der Waals surface area contributed by atoms with Crippen molar-refractivity contribution in [2.24, 2.45) is 0 Å². The van der Waals surface area contributed by atoms with Gasteiger partial charge in [0.1, 0.15) is 0 Å². The van der Waals surface area contributed by atoms with Crippen molar-refractivity contribution in [3.8, 4) is 0 Å². The molecule has 0 bridgehead atoms. The minimum absolute atomic E-state index is 0.0318. The van der Waals surface area contributed by atoms with Gasteiger partial charge in [-0.15, -0.1) is 0 Å². The lowest BCUT2D eigenvalue weighted by molar-refractivity contribution is -0.140. The summed E-state index contributed by atoms with van der Waals surface area (Å²) >= 11 is 0. The molecular weight excluding hydrogens is 216 g/mol. The largest absolute Gasteiger partial charge is 0.336 e. The van der Waals surface area contributed by atoms with Gasteiger partial charge in [0.25, 0.3) is 0 Å². The molecule has 1 saturated heterocycles. The topological polar surface area (TPSA) is 98.8 Å². The third kappa shape index (κ3) is 2.47. The number of urea groups is 2. The number of imide groups is 2. The molecule has 0 atom stereocenters. The van der Waals surface area contributed by atoms with Gasteiger partial charge in [-0.1, -0.05) is 0 Å². The van der Waals surface area contributed by atoms with E-state index in [2.05, 4.69) is 5.32 Å². The fraction of sp³-hybridized carbons (Fsp3) is 0.500. The van der Waals surface area contributed by atoms with E-state index in [4.69, 9.17) is 0 Å². The molecule has 0 aromatic carbocycles. The third-order valence-electron chi connectivity index (χ3n) is 1.92. The monoisotopic (exact) mass is 228 g/mol. The Bertz CT molecular complexity index is 352. The second-order valence-corrected chi connectivity index (χ2v) is 3.34. The van der Waals surface area contributed by atoms with Crippen LogP contribution in [0.1, 0.15) is 0 Å². The first kappa shape index (κ1) is 12.0. The van der Waals surface area contributed by atoms with E-state index in [1.807, 2.05) is 5.32 Å². The molecule has 1 aliphatic heterocycles. The second-order valence-electron chi connectivity index (χ2n) is 3.34. The van der Waals surface area contributed by atoms with Crippen LogP contribution in [0.15, 0.2) is 0 Å². The minimum Gasteiger partial charge on any atom is -0.336 e. The summed E-state index contributed by atoms with van der Waals surface area (Å²) in [7, 11) is 3.12. The molecule has 88 valence electrons. The smallest absolute Gasteiger partial charge is 0.331 e. The van der Waals surface area contributed by atoms with Crippen molar-refractivity contribution in [2.75, 3.05) is 27.2 Å². The molecule has 0 aromatic heterocycles. The van der Waals surface area contributed by atoms with Gasteiger partial charge in [-0.3, -0.25) is 19.8 Å². The van der Waals surface area contributed by atoms with E-state index in [0.717, 1.165) is 4.90 Å². The van der Waals surface area contributed by atoms with E-state index < -0.39 is 17.8 Å². The Balaban J connectivity index is 2.39. The molecule has 8 nitrogen and oxygen atoms in total. The Morgan fingerprint density at radius 3 is 2.44 bits per heavy atom. The summed E-state index contributed by atoms with van der Waals surface area (Å²) in [5, 5.41) is 4.32. The fourth-order valence-electron chi connectivity index (χ4n) is 1.07. The van der Waals surface area contributed by atoms with Crippen LogP contribution in [0, 0.1) is 0 Å². The first-order valence-corrected chi connectivity index (χ1v) is 4.55. The third-order valence-corrected chi connectivity index (χ3v) is 1.92. The summed E-state index contributed by atoms with van der Waals surface area (Å²) < 4.78 is 0. The van der Waals surface area contributed by atoms with Crippen LogP contribution in [-0.4, -0.2) is 60.9 Å². The molecule has 16 heavy (non-hydrogen) atoms. The SMILES string of the molecule is CN(C)C(=O)NCCN1C(=O)NC(=O)C1=O. The maximum atomic E-state index is 11.1. The highest BCUT2D eigenvalue weighted by Crippen LogP contribution is 1.98. The summed E-state index contributed by atoms with van der Waals surface area (Å²) in [4.78, 5) is 46.1. The number of hydrogen-bond donors (Lipinski definition) is 2. The molecule has 0 saturated carbocycles. The van der Waals surface area contributed by atoms with Crippen LogP contribution in [0.4, 0.5) is 9.59 Å². The van der Waals surface area contributed by atoms with Crippen LogP contribution in [0.5, 0.6) is 0 Å². The second kappa shape index (κ2) is 4.60. The molecule has 6 amide bonds. The van der Waals surface area contributed by atoms with Crippen LogP contribution in [-0.2, 0) is 9.59 Å². The number of carbonyl (C=O) groups is 4. The molecule has 1 heterocycles. The van der Waals surface area contributed by atoms with Crippen LogP contribution >= 0.6 is 0 Å². The molecule has 0 spiro atoms. The van der Waals surface area contributed by atoms with Gasteiger partial charge < -0.3 is 10.2 Å². The zero-order chi connectivity index (χ0) is 12.3. The highest BCUT2D eigenvalue weighted by Gasteiger charge is 2.36. The van der Waals surface area contributed by atoms with Gasteiger partial charge in [0.15, 0.2) is 0 Å². The molecule has 0 radical (unpaired) electrons. The van der Waals surface area contributed by atoms with Gasteiger partial charge >= 0.3 is 23.9 Å². The molecule has 0 aliphatic carbocycles. The Labute approximate surface area is 91.6 Å². The number of rotatable bonds is 3. The highest BCUT2D eigenvalue weighted by atomic mass is 16.2. The van der Waals surface area contributed by atoms with Crippen molar-refractivity contribution in [3.63, 3.8) is 0 Å². The lowest BCUT2D eigenvalue weighted by atomic mass is 10.5. The summed E-state index contributed by atoms with van der Waals surface area (Å²) in [5.74, 6) is -1.84. The highest BCUT2D eigenvalue weighted by molar-refractivity contribution is 6.44. The van der Waals surface area contributed by atoms with Gasteiger partial charge in [-0.25, -0.2) is 9.59 Å². The molecule has 2 N–H and O–H groups in total. The fourth-order valence-corrected chi connectivity index (χ4v) is 1.07. The molecule has 1 rings (SSSR count). The first-order valence-electron chi connectivity index (χ1n) is 4.55. The quantitative estimate of drug-likeness (QED) is 0.446. The molecule has 0 unspecified atom stereocenters. The summed E-state index contributed by atoms with van der Waals surface area (Å²) in [6, 6.07) is -1.09. The number of nitrogens with one attached hydrogen (secondary N) is 2. The Hall–Kier alpha value is -2.12. The van der Waals surface area contributed by atoms with Crippen molar-refractivity contribution < 1.29 is 19.2 Å². The average molecular weight is 228 g/mol. The first-order chi connectivity index (χ1) is 7.43. The summed E-state index contributed by atoms with van der Waals surface area (Å²) in [5.41, 5.74) is 0. The molecule has 8 heteroatoms. The average Bonchev–Trinajstić information content (AvgIpc) is 2.44. The lowest BCUT2D eigenvalue weighted by Gasteiger charge is -2.14. The van der Waals surface area contributed by atoms with Gasteiger partial charge in [-0.05, 0) is 0 Å². The van der Waals surface area contributed by atoms with Crippen LogP contribution in [0.25, 0.3) is 0 Å². The van der Waals surface area contributed by atoms with E-state index in [1.54, 1.807) is 14.1 Å². The number of carbonyl (C=O) groups excluding carboxylic acids is 4. The minimum atomic E-state index is -0.941. The molecule has 0 aromatic rings. The van der Waals surface area contributed by atoms with Gasteiger partial charge in [0.2, 0.25) is 0 Å². The van der Waals surface area contributed by atoms with Gasteiger partial charge in [0, 0.05) is 27.2 Å². The standard InChI is InChI=1S/C8H12N4O4/c1-11(2)7(15)9-3-4-12-6(14)5(13)10-8(12)16/h3-4H2,1-2H3,(H,9,15)(H,10,13,16). The van der Waals surface area contributed by atoms with Crippen LogP contribution in [0.2, 0.25) is 0 Å².